The maximum atomic E-state index is 10.9. The number of methoxy groups -OCH3 is 1. The Morgan fingerprint density at radius 1 is 1.47 bits per heavy atom. The van der Waals surface area contributed by atoms with E-state index in [1.165, 1.54) is 31.5 Å². The number of ether oxygens (including phenoxy) is 2. The molecule has 0 atom stereocenters. The Morgan fingerprint density at radius 3 is 2.84 bits per heavy atom. The van der Waals surface area contributed by atoms with Crippen LogP contribution in [0.1, 0.15) is 5.56 Å². The molecular formula is C11H11N3O5. The van der Waals surface area contributed by atoms with Gasteiger partial charge in [-0.15, -0.1) is 4.85 Å². The molecule has 0 amide bonds. The molecule has 0 aliphatic heterocycles. The molecule has 0 unspecified atom stereocenters. The van der Waals surface area contributed by atoms with Crippen LogP contribution in [-0.4, -0.2) is 27.2 Å². The van der Waals surface area contributed by atoms with Crippen LogP contribution in [0.15, 0.2) is 30.5 Å². The molecule has 2 rings (SSSR count). The summed E-state index contributed by atoms with van der Waals surface area (Å²) in [5.74, 6) is 0.514. The first kappa shape index (κ1) is 12.7. The standard InChI is InChI=1S/C11H11N3O5/c1-18-10-4-2-3-9(14(16)17)8(10)7-19-11-5-6-13(15)12-11/h2-6,15H,7H2,1H3. The number of nitro groups is 1. The third-order valence-corrected chi connectivity index (χ3v) is 2.44. The first-order chi connectivity index (χ1) is 9.11. The zero-order valence-electron chi connectivity index (χ0n) is 10.0. The Hall–Kier alpha value is -2.77. The average Bonchev–Trinajstić information content (AvgIpc) is 2.81. The molecule has 1 N–H and O–H groups in total. The molecule has 0 aliphatic rings. The van der Waals surface area contributed by atoms with Crippen molar-refractivity contribution in [2.24, 2.45) is 0 Å². The van der Waals surface area contributed by atoms with Gasteiger partial charge in [0.15, 0.2) is 0 Å². The van der Waals surface area contributed by atoms with E-state index < -0.39 is 4.92 Å². The van der Waals surface area contributed by atoms with Crippen LogP contribution in [0.4, 0.5) is 5.69 Å². The van der Waals surface area contributed by atoms with Crippen LogP contribution >= 0.6 is 0 Å². The van der Waals surface area contributed by atoms with Crippen molar-refractivity contribution in [3.8, 4) is 11.6 Å². The molecule has 0 fully saturated rings. The Bertz CT molecular complexity index is 596. The predicted molar refractivity (Wildman–Crippen MR) is 63.4 cm³/mol. The minimum Gasteiger partial charge on any atom is -0.496 e. The Kier molecular flexibility index (Phi) is 3.51. The highest BCUT2D eigenvalue weighted by Crippen LogP contribution is 2.29. The Balaban J connectivity index is 2.25. The van der Waals surface area contributed by atoms with Crippen molar-refractivity contribution in [1.82, 2.24) is 9.94 Å². The molecule has 19 heavy (non-hydrogen) atoms. The van der Waals surface area contributed by atoms with E-state index in [1.807, 2.05) is 0 Å². The second-order valence-electron chi connectivity index (χ2n) is 3.58. The zero-order valence-corrected chi connectivity index (χ0v) is 10.0. The summed E-state index contributed by atoms with van der Waals surface area (Å²) in [6, 6.07) is 5.94. The molecule has 100 valence electrons. The number of aromatic nitrogens is 2. The van der Waals surface area contributed by atoms with Gasteiger partial charge in [-0.1, -0.05) is 11.2 Å². The van der Waals surface area contributed by atoms with Crippen molar-refractivity contribution < 1.29 is 19.6 Å². The second kappa shape index (κ2) is 5.25. The first-order valence-electron chi connectivity index (χ1n) is 5.30. The van der Waals surface area contributed by atoms with Gasteiger partial charge in [0.1, 0.15) is 17.9 Å². The number of benzene rings is 1. The third-order valence-electron chi connectivity index (χ3n) is 2.44. The van der Waals surface area contributed by atoms with Gasteiger partial charge in [-0.3, -0.25) is 10.1 Å². The highest BCUT2D eigenvalue weighted by atomic mass is 16.6. The van der Waals surface area contributed by atoms with Crippen molar-refractivity contribution >= 4 is 5.69 Å². The summed E-state index contributed by atoms with van der Waals surface area (Å²) in [7, 11) is 1.42. The fourth-order valence-corrected chi connectivity index (χ4v) is 1.58. The van der Waals surface area contributed by atoms with Crippen molar-refractivity contribution in [3.63, 3.8) is 0 Å². The van der Waals surface area contributed by atoms with Crippen molar-refractivity contribution in [2.45, 2.75) is 6.61 Å². The normalized spacial score (nSPS) is 10.2. The number of rotatable bonds is 5. The summed E-state index contributed by atoms with van der Waals surface area (Å²) in [6.07, 6.45) is 1.28. The third kappa shape index (κ3) is 2.73. The molecule has 2 aromatic rings. The molecule has 0 saturated carbocycles. The number of nitro benzene ring substituents is 1. The molecule has 1 aromatic heterocycles. The van der Waals surface area contributed by atoms with Gasteiger partial charge in [-0.05, 0) is 6.07 Å². The van der Waals surface area contributed by atoms with Crippen LogP contribution in [-0.2, 0) is 6.61 Å². The Morgan fingerprint density at radius 2 is 2.26 bits per heavy atom. The number of hydrogen-bond donors (Lipinski definition) is 1. The molecule has 0 spiro atoms. The maximum Gasteiger partial charge on any atom is 0.279 e. The van der Waals surface area contributed by atoms with E-state index >= 15 is 0 Å². The van der Waals surface area contributed by atoms with E-state index in [9.17, 15) is 10.1 Å². The molecule has 8 heteroatoms. The summed E-state index contributed by atoms with van der Waals surface area (Å²) in [5, 5.41) is 23.5. The monoisotopic (exact) mass is 265 g/mol. The lowest BCUT2D eigenvalue weighted by Gasteiger charge is -2.08. The van der Waals surface area contributed by atoms with Crippen LogP contribution in [0, 0.1) is 10.1 Å². The van der Waals surface area contributed by atoms with Crippen LogP contribution in [0.2, 0.25) is 0 Å². The van der Waals surface area contributed by atoms with Crippen molar-refractivity contribution in [2.75, 3.05) is 7.11 Å². The van der Waals surface area contributed by atoms with Crippen molar-refractivity contribution in [3.05, 3.63) is 46.1 Å². The highest BCUT2D eigenvalue weighted by Gasteiger charge is 2.19. The van der Waals surface area contributed by atoms with Gasteiger partial charge >= 0.3 is 0 Å². The van der Waals surface area contributed by atoms with Gasteiger partial charge in [0, 0.05) is 12.1 Å². The van der Waals surface area contributed by atoms with E-state index in [4.69, 9.17) is 14.7 Å². The van der Waals surface area contributed by atoms with Gasteiger partial charge in [0.05, 0.1) is 18.2 Å². The molecule has 1 heterocycles. The molecule has 0 aliphatic carbocycles. The van der Waals surface area contributed by atoms with Crippen LogP contribution in [0.3, 0.4) is 0 Å². The predicted octanol–water partition coefficient (Wildman–Crippen LogP) is 1.62. The van der Waals surface area contributed by atoms with E-state index in [0.717, 1.165) is 0 Å². The number of nitrogens with zero attached hydrogens (tertiary/aromatic N) is 3. The van der Waals surface area contributed by atoms with E-state index in [-0.39, 0.29) is 18.2 Å². The summed E-state index contributed by atoms with van der Waals surface area (Å²) in [5.41, 5.74) is 0.213. The fraction of sp³-hybridized carbons (Fsp3) is 0.182. The number of hydrogen-bond acceptors (Lipinski definition) is 6. The van der Waals surface area contributed by atoms with Gasteiger partial charge in [0.2, 0.25) is 5.88 Å². The average molecular weight is 265 g/mol. The zero-order chi connectivity index (χ0) is 13.8. The van der Waals surface area contributed by atoms with E-state index in [0.29, 0.717) is 16.2 Å². The van der Waals surface area contributed by atoms with Crippen LogP contribution in [0.25, 0.3) is 0 Å². The maximum absolute atomic E-state index is 10.9. The lowest BCUT2D eigenvalue weighted by Crippen LogP contribution is -2.04. The molecular weight excluding hydrogens is 254 g/mol. The lowest BCUT2D eigenvalue weighted by molar-refractivity contribution is -0.385. The van der Waals surface area contributed by atoms with Gasteiger partial charge in [-0.25, -0.2) is 0 Å². The summed E-state index contributed by atoms with van der Waals surface area (Å²) >= 11 is 0. The molecule has 8 nitrogen and oxygen atoms in total. The quantitative estimate of drug-likeness (QED) is 0.501. The topological polar surface area (TPSA) is 99.7 Å². The van der Waals surface area contributed by atoms with Crippen LogP contribution in [0.5, 0.6) is 11.6 Å². The highest BCUT2D eigenvalue weighted by molar-refractivity contribution is 5.49. The molecule has 0 saturated heterocycles. The SMILES string of the molecule is COc1cccc([N+](=O)[O-])c1COc1ccn(O)n1. The molecule has 1 aromatic carbocycles. The summed E-state index contributed by atoms with van der Waals surface area (Å²) < 4.78 is 10.3. The van der Waals surface area contributed by atoms with Crippen molar-refractivity contribution in [1.29, 1.82) is 0 Å². The largest absolute Gasteiger partial charge is 0.496 e. The Labute approximate surface area is 107 Å². The van der Waals surface area contributed by atoms with Gasteiger partial charge in [-0.2, -0.15) is 0 Å². The smallest absolute Gasteiger partial charge is 0.279 e. The first-order valence-corrected chi connectivity index (χ1v) is 5.30. The summed E-state index contributed by atoms with van der Waals surface area (Å²) in [4.78, 5) is 11.0. The second-order valence-corrected chi connectivity index (χ2v) is 3.58. The van der Waals surface area contributed by atoms with Crippen LogP contribution < -0.4 is 9.47 Å². The van der Waals surface area contributed by atoms with Gasteiger partial charge < -0.3 is 14.7 Å². The summed E-state index contributed by atoms with van der Waals surface area (Å²) in [6.45, 7) is -0.0860. The minimum atomic E-state index is -0.508. The lowest BCUT2D eigenvalue weighted by atomic mass is 10.1. The minimum absolute atomic E-state index is 0.0860. The van der Waals surface area contributed by atoms with E-state index in [2.05, 4.69) is 5.10 Å². The van der Waals surface area contributed by atoms with Gasteiger partial charge in [0.25, 0.3) is 5.69 Å². The molecule has 0 bridgehead atoms. The molecule has 0 radical (unpaired) electrons. The fourth-order valence-electron chi connectivity index (χ4n) is 1.58. The van der Waals surface area contributed by atoms with E-state index in [1.54, 1.807) is 6.07 Å².